The number of nitrogens with zero attached hydrogens (tertiary/aromatic N) is 3. The summed E-state index contributed by atoms with van der Waals surface area (Å²) in [5.41, 5.74) is 1.44. The molecule has 0 bridgehead atoms. The Bertz CT molecular complexity index is 524. The Kier molecular flexibility index (Phi) is 3.48. The summed E-state index contributed by atoms with van der Waals surface area (Å²) >= 11 is 0. The Morgan fingerprint density at radius 2 is 2.06 bits per heavy atom. The van der Waals surface area contributed by atoms with Crippen LogP contribution in [-0.2, 0) is 6.42 Å². The molecule has 0 spiro atoms. The van der Waals surface area contributed by atoms with Crippen LogP contribution in [0.4, 0.5) is 0 Å². The summed E-state index contributed by atoms with van der Waals surface area (Å²) in [5.74, 6) is 1.10. The van der Waals surface area contributed by atoms with Gasteiger partial charge in [0.1, 0.15) is 0 Å². The molecule has 0 aliphatic heterocycles. The van der Waals surface area contributed by atoms with Gasteiger partial charge in [0.2, 0.25) is 11.8 Å². The number of nitrogens with one attached hydrogen (secondary N) is 1. The minimum absolute atomic E-state index is 0.487. The summed E-state index contributed by atoms with van der Waals surface area (Å²) in [4.78, 5) is 0. The molecule has 0 saturated heterocycles. The van der Waals surface area contributed by atoms with Crippen molar-refractivity contribution in [2.75, 3.05) is 13.6 Å². The molecule has 0 radical (unpaired) electrons. The molecule has 0 saturated carbocycles. The second-order valence-electron chi connectivity index (χ2n) is 3.54. The summed E-state index contributed by atoms with van der Waals surface area (Å²) in [7, 11) is 1.87. The molecule has 0 aliphatic rings. The van der Waals surface area contributed by atoms with Crippen LogP contribution < -0.4 is 5.32 Å². The zero-order valence-corrected chi connectivity index (χ0v) is 9.47. The van der Waals surface area contributed by atoms with E-state index in [1.54, 1.807) is 24.3 Å². The second-order valence-corrected chi connectivity index (χ2v) is 3.54. The number of nitriles is 1. The predicted molar refractivity (Wildman–Crippen MR) is 62.1 cm³/mol. The maximum atomic E-state index is 8.69. The van der Waals surface area contributed by atoms with Gasteiger partial charge in [0.15, 0.2) is 0 Å². The highest BCUT2D eigenvalue weighted by molar-refractivity contribution is 5.54. The molecule has 5 nitrogen and oxygen atoms in total. The fourth-order valence-electron chi connectivity index (χ4n) is 1.39. The van der Waals surface area contributed by atoms with Crippen molar-refractivity contribution in [1.82, 2.24) is 15.5 Å². The Hall–Kier alpha value is -2.19. The normalized spacial score (nSPS) is 10.1. The van der Waals surface area contributed by atoms with E-state index >= 15 is 0 Å². The summed E-state index contributed by atoms with van der Waals surface area (Å²) in [5, 5.41) is 19.6. The molecule has 1 aromatic heterocycles. The van der Waals surface area contributed by atoms with Crippen molar-refractivity contribution >= 4 is 0 Å². The summed E-state index contributed by atoms with van der Waals surface area (Å²) < 4.78 is 5.50. The highest BCUT2D eigenvalue weighted by Gasteiger charge is 2.07. The Balaban J connectivity index is 2.16. The van der Waals surface area contributed by atoms with E-state index in [0.717, 1.165) is 12.1 Å². The quantitative estimate of drug-likeness (QED) is 0.855. The second kappa shape index (κ2) is 5.23. The lowest BCUT2D eigenvalue weighted by molar-refractivity contribution is 0.500. The summed E-state index contributed by atoms with van der Waals surface area (Å²) in [6.07, 6.45) is 0.708. The van der Waals surface area contributed by atoms with E-state index in [4.69, 9.17) is 9.68 Å². The van der Waals surface area contributed by atoms with Gasteiger partial charge in [-0.1, -0.05) is 0 Å². The Morgan fingerprint density at radius 3 is 2.71 bits per heavy atom. The van der Waals surface area contributed by atoms with Crippen molar-refractivity contribution in [1.29, 1.82) is 5.26 Å². The Labute approximate surface area is 99.1 Å². The minimum Gasteiger partial charge on any atom is -0.421 e. The molecular weight excluding hydrogens is 216 g/mol. The van der Waals surface area contributed by atoms with Crippen LogP contribution in [0.15, 0.2) is 28.7 Å². The first kappa shape index (κ1) is 11.3. The molecule has 2 aromatic rings. The largest absolute Gasteiger partial charge is 0.421 e. The SMILES string of the molecule is CNCCc1nnc(-c2ccc(C#N)cc2)o1. The highest BCUT2D eigenvalue weighted by Crippen LogP contribution is 2.18. The molecule has 2 rings (SSSR count). The van der Waals surface area contributed by atoms with Gasteiger partial charge in [-0.3, -0.25) is 0 Å². The van der Waals surface area contributed by atoms with E-state index in [0.29, 0.717) is 23.8 Å². The number of hydrogen-bond donors (Lipinski definition) is 1. The van der Waals surface area contributed by atoms with Gasteiger partial charge in [0, 0.05) is 18.5 Å². The summed E-state index contributed by atoms with van der Waals surface area (Å²) in [6, 6.07) is 9.12. The lowest BCUT2D eigenvalue weighted by Gasteiger charge is -1.94. The van der Waals surface area contributed by atoms with Gasteiger partial charge in [-0.2, -0.15) is 5.26 Å². The average molecular weight is 228 g/mol. The molecule has 86 valence electrons. The maximum Gasteiger partial charge on any atom is 0.247 e. The maximum absolute atomic E-state index is 8.69. The van der Waals surface area contributed by atoms with Crippen LogP contribution in [0.25, 0.3) is 11.5 Å². The zero-order chi connectivity index (χ0) is 12.1. The lowest BCUT2D eigenvalue weighted by atomic mass is 10.1. The van der Waals surface area contributed by atoms with Gasteiger partial charge in [-0.15, -0.1) is 10.2 Å². The number of aromatic nitrogens is 2. The first-order chi connectivity index (χ1) is 8.33. The van der Waals surface area contributed by atoms with Crippen LogP contribution >= 0.6 is 0 Å². The van der Waals surface area contributed by atoms with Gasteiger partial charge in [-0.25, -0.2) is 0 Å². The smallest absolute Gasteiger partial charge is 0.247 e. The summed E-state index contributed by atoms with van der Waals surface area (Å²) in [6.45, 7) is 0.801. The molecular formula is C12H12N4O. The fourth-order valence-corrected chi connectivity index (χ4v) is 1.39. The molecule has 17 heavy (non-hydrogen) atoms. The van der Waals surface area contributed by atoms with Crippen molar-refractivity contribution in [3.63, 3.8) is 0 Å². The molecule has 0 aliphatic carbocycles. The van der Waals surface area contributed by atoms with Gasteiger partial charge in [-0.05, 0) is 31.3 Å². The van der Waals surface area contributed by atoms with Crippen LogP contribution in [0.5, 0.6) is 0 Å². The highest BCUT2D eigenvalue weighted by atomic mass is 16.4. The molecule has 0 amide bonds. The molecule has 1 N–H and O–H groups in total. The third-order valence-electron chi connectivity index (χ3n) is 2.32. The van der Waals surface area contributed by atoms with Crippen molar-refractivity contribution in [3.05, 3.63) is 35.7 Å². The van der Waals surface area contributed by atoms with E-state index in [2.05, 4.69) is 21.6 Å². The van der Waals surface area contributed by atoms with E-state index in [1.807, 2.05) is 7.05 Å². The van der Waals surface area contributed by atoms with Crippen LogP contribution in [-0.4, -0.2) is 23.8 Å². The van der Waals surface area contributed by atoms with Crippen molar-refractivity contribution in [2.45, 2.75) is 6.42 Å². The molecule has 1 aromatic carbocycles. The number of benzene rings is 1. The zero-order valence-electron chi connectivity index (χ0n) is 9.47. The standard InChI is InChI=1S/C12H12N4O/c1-14-7-6-11-15-16-12(17-11)10-4-2-9(8-13)3-5-10/h2-5,14H,6-7H2,1H3. The van der Waals surface area contributed by atoms with E-state index < -0.39 is 0 Å². The lowest BCUT2D eigenvalue weighted by Crippen LogP contribution is -2.10. The van der Waals surface area contributed by atoms with Crippen LogP contribution in [0.1, 0.15) is 11.5 Å². The van der Waals surface area contributed by atoms with Gasteiger partial charge in [0.25, 0.3) is 0 Å². The molecule has 0 fully saturated rings. The van der Waals surface area contributed by atoms with Gasteiger partial charge < -0.3 is 9.73 Å². The molecule has 5 heteroatoms. The predicted octanol–water partition coefficient (Wildman–Crippen LogP) is 1.37. The molecule has 0 unspecified atom stereocenters. The van der Waals surface area contributed by atoms with E-state index in [-0.39, 0.29) is 0 Å². The fraction of sp³-hybridized carbons (Fsp3) is 0.250. The Morgan fingerprint density at radius 1 is 1.29 bits per heavy atom. The first-order valence-electron chi connectivity index (χ1n) is 5.31. The van der Waals surface area contributed by atoms with Crippen LogP contribution in [0, 0.1) is 11.3 Å². The number of hydrogen-bond acceptors (Lipinski definition) is 5. The van der Waals surface area contributed by atoms with Gasteiger partial charge in [0.05, 0.1) is 11.6 Å². The van der Waals surface area contributed by atoms with Crippen LogP contribution in [0.2, 0.25) is 0 Å². The third-order valence-corrected chi connectivity index (χ3v) is 2.32. The topological polar surface area (TPSA) is 74.7 Å². The monoisotopic (exact) mass is 228 g/mol. The molecule has 1 heterocycles. The molecule has 0 atom stereocenters. The van der Waals surface area contributed by atoms with E-state index in [1.165, 1.54) is 0 Å². The van der Waals surface area contributed by atoms with Crippen molar-refractivity contribution < 1.29 is 4.42 Å². The number of likely N-dealkylation sites (N-methyl/N-ethyl adjacent to an activating group) is 1. The number of rotatable bonds is 4. The third kappa shape index (κ3) is 2.68. The van der Waals surface area contributed by atoms with Crippen molar-refractivity contribution in [2.24, 2.45) is 0 Å². The van der Waals surface area contributed by atoms with Crippen LogP contribution in [0.3, 0.4) is 0 Å². The first-order valence-corrected chi connectivity index (χ1v) is 5.31. The minimum atomic E-state index is 0.487. The van der Waals surface area contributed by atoms with Crippen molar-refractivity contribution in [3.8, 4) is 17.5 Å². The van der Waals surface area contributed by atoms with Gasteiger partial charge >= 0.3 is 0 Å². The average Bonchev–Trinajstić information content (AvgIpc) is 2.85. The van der Waals surface area contributed by atoms with E-state index in [9.17, 15) is 0 Å².